The number of benzene rings is 3. The lowest BCUT2D eigenvalue weighted by molar-refractivity contribution is -0.928. The van der Waals surface area contributed by atoms with Crippen molar-refractivity contribution in [3.05, 3.63) is 107 Å². The van der Waals surface area contributed by atoms with Crippen molar-refractivity contribution in [1.29, 1.82) is 0 Å². The lowest BCUT2D eigenvalue weighted by Gasteiger charge is -2.22. The van der Waals surface area contributed by atoms with Crippen LogP contribution in [-0.2, 0) is 26.1 Å². The third-order valence-corrected chi connectivity index (χ3v) is 6.95. The van der Waals surface area contributed by atoms with Crippen LogP contribution in [0.25, 0.3) is 10.9 Å². The Kier molecular flexibility index (Phi) is 6.41. The Morgan fingerprint density at radius 2 is 1.53 bits per heavy atom. The molecule has 34 heavy (non-hydrogen) atoms. The van der Waals surface area contributed by atoms with Gasteiger partial charge in [-0.25, -0.2) is 0 Å². The zero-order valence-electron chi connectivity index (χ0n) is 19.7. The number of quaternary nitrogens is 1. The third kappa shape index (κ3) is 4.59. The molecular weight excluding hydrogens is 420 g/mol. The Balaban J connectivity index is 1.48. The van der Waals surface area contributed by atoms with Gasteiger partial charge in [-0.2, -0.15) is 0 Å². The molecule has 1 aliphatic rings. The van der Waals surface area contributed by atoms with Gasteiger partial charge < -0.3 is 9.47 Å². The van der Waals surface area contributed by atoms with Gasteiger partial charge in [0, 0.05) is 34.0 Å². The number of fused-ring (bicyclic) bond motifs is 3. The number of hydrogen-bond donors (Lipinski definition) is 1. The first-order chi connectivity index (χ1) is 16.6. The fourth-order valence-electron chi connectivity index (χ4n) is 5.27. The molecule has 0 atom stereocenters. The van der Waals surface area contributed by atoms with Crippen molar-refractivity contribution in [2.45, 2.75) is 45.8 Å². The SMILES string of the molecule is CC(=O)c1ccc2c(c1)c1c(n2CC[NH+](Cc2ccccc2)Cc2ccccc2)C(=O)CCC1. The monoisotopic (exact) mass is 451 g/mol. The zero-order chi connectivity index (χ0) is 23.5. The molecule has 5 rings (SSSR count). The Labute approximate surface area is 200 Å². The van der Waals surface area contributed by atoms with Gasteiger partial charge >= 0.3 is 0 Å². The fourth-order valence-corrected chi connectivity index (χ4v) is 5.27. The topological polar surface area (TPSA) is 43.5 Å². The van der Waals surface area contributed by atoms with Crippen LogP contribution < -0.4 is 4.90 Å². The van der Waals surface area contributed by atoms with E-state index in [4.69, 9.17) is 0 Å². The highest BCUT2D eigenvalue weighted by molar-refractivity contribution is 6.06. The van der Waals surface area contributed by atoms with Gasteiger partial charge in [-0.1, -0.05) is 60.7 Å². The summed E-state index contributed by atoms with van der Waals surface area (Å²) >= 11 is 0. The van der Waals surface area contributed by atoms with E-state index in [1.54, 1.807) is 6.92 Å². The number of aromatic nitrogens is 1. The molecule has 1 heterocycles. The van der Waals surface area contributed by atoms with Crippen LogP contribution in [0.1, 0.15) is 57.3 Å². The first-order valence-electron chi connectivity index (χ1n) is 12.2. The summed E-state index contributed by atoms with van der Waals surface area (Å²) < 4.78 is 2.23. The summed E-state index contributed by atoms with van der Waals surface area (Å²) in [7, 11) is 0. The van der Waals surface area contributed by atoms with Gasteiger partial charge in [0.25, 0.3) is 0 Å². The van der Waals surface area contributed by atoms with Crippen molar-refractivity contribution in [2.75, 3.05) is 6.54 Å². The molecule has 0 saturated carbocycles. The summed E-state index contributed by atoms with van der Waals surface area (Å²) in [4.78, 5) is 26.5. The van der Waals surface area contributed by atoms with Gasteiger partial charge in [0.2, 0.25) is 0 Å². The predicted octanol–water partition coefficient (Wildman–Crippen LogP) is 4.65. The van der Waals surface area contributed by atoms with Crippen LogP contribution in [-0.4, -0.2) is 22.7 Å². The molecule has 0 aliphatic heterocycles. The predicted molar refractivity (Wildman–Crippen MR) is 135 cm³/mol. The average molecular weight is 452 g/mol. The summed E-state index contributed by atoms with van der Waals surface area (Å²) in [6.45, 7) is 5.14. The number of ketones is 2. The first kappa shape index (κ1) is 22.3. The van der Waals surface area contributed by atoms with Gasteiger partial charge in [0.1, 0.15) is 13.1 Å². The van der Waals surface area contributed by atoms with Crippen LogP contribution in [0, 0.1) is 0 Å². The summed E-state index contributed by atoms with van der Waals surface area (Å²) in [5.74, 6) is 0.293. The quantitative estimate of drug-likeness (QED) is 0.397. The standard InChI is InChI=1S/C30H30N2O2/c1-22(33)25-15-16-28-27(19-25)26-13-8-14-29(34)30(26)32(28)18-17-31(20-23-9-4-2-5-10-23)21-24-11-6-3-7-12-24/h2-7,9-12,15-16,19H,8,13-14,17-18,20-21H2,1H3/p+1. The number of carbonyl (C=O) groups is 2. The first-order valence-corrected chi connectivity index (χ1v) is 12.2. The molecule has 4 nitrogen and oxygen atoms in total. The van der Waals surface area contributed by atoms with Crippen molar-refractivity contribution in [1.82, 2.24) is 4.57 Å². The minimum atomic E-state index is 0.0619. The summed E-state index contributed by atoms with van der Waals surface area (Å²) in [5.41, 5.74) is 6.41. The summed E-state index contributed by atoms with van der Waals surface area (Å²) in [6.07, 6.45) is 2.39. The van der Waals surface area contributed by atoms with E-state index in [0.29, 0.717) is 12.0 Å². The molecule has 1 aliphatic carbocycles. The summed E-state index contributed by atoms with van der Waals surface area (Å²) in [5, 5.41) is 1.07. The van der Waals surface area contributed by atoms with Gasteiger partial charge in [-0.15, -0.1) is 0 Å². The van der Waals surface area contributed by atoms with Crippen LogP contribution >= 0.6 is 0 Å². The maximum Gasteiger partial charge on any atom is 0.179 e. The van der Waals surface area contributed by atoms with Gasteiger partial charge in [0.15, 0.2) is 11.6 Å². The number of Topliss-reactive ketones (excluding diaryl/α,β-unsaturated/α-hetero) is 2. The molecule has 4 aromatic rings. The normalized spacial score (nSPS) is 13.4. The number of nitrogens with zero attached hydrogens (tertiary/aromatic N) is 1. The van der Waals surface area contributed by atoms with Gasteiger partial charge in [-0.05, 0) is 43.5 Å². The van der Waals surface area contributed by atoms with E-state index in [2.05, 4.69) is 65.2 Å². The second kappa shape index (κ2) is 9.78. The maximum absolute atomic E-state index is 13.0. The lowest BCUT2D eigenvalue weighted by atomic mass is 9.94. The molecule has 0 amide bonds. The molecule has 0 bridgehead atoms. The van der Waals surface area contributed by atoms with E-state index in [-0.39, 0.29) is 11.6 Å². The second-order valence-electron chi connectivity index (χ2n) is 9.37. The van der Waals surface area contributed by atoms with Gasteiger partial charge in [-0.3, -0.25) is 9.59 Å². The van der Waals surface area contributed by atoms with Crippen molar-refractivity contribution in [3.63, 3.8) is 0 Å². The molecule has 0 fully saturated rings. The third-order valence-electron chi connectivity index (χ3n) is 6.95. The number of nitrogens with one attached hydrogen (secondary N) is 1. The second-order valence-corrected chi connectivity index (χ2v) is 9.37. The van der Waals surface area contributed by atoms with Gasteiger partial charge in [0.05, 0.1) is 18.8 Å². The number of aryl methyl sites for hydroxylation is 1. The number of hydrogen-bond acceptors (Lipinski definition) is 2. The number of rotatable bonds is 8. The fraction of sp³-hybridized carbons (Fsp3) is 0.267. The van der Waals surface area contributed by atoms with Crippen molar-refractivity contribution < 1.29 is 14.5 Å². The molecule has 0 radical (unpaired) electrons. The molecule has 172 valence electrons. The Hall–Kier alpha value is -3.50. The zero-order valence-corrected chi connectivity index (χ0v) is 19.7. The Morgan fingerprint density at radius 3 is 2.15 bits per heavy atom. The van der Waals surface area contributed by atoms with Crippen LogP contribution in [0.2, 0.25) is 0 Å². The molecule has 0 spiro atoms. The highest BCUT2D eigenvalue weighted by Gasteiger charge is 2.27. The lowest BCUT2D eigenvalue weighted by Crippen LogP contribution is -3.09. The van der Waals surface area contributed by atoms with E-state index < -0.39 is 0 Å². The van der Waals surface area contributed by atoms with Crippen LogP contribution in [0.3, 0.4) is 0 Å². The Bertz CT molecular complexity index is 1280. The smallest absolute Gasteiger partial charge is 0.179 e. The average Bonchev–Trinajstić information content (AvgIpc) is 3.18. The largest absolute Gasteiger partial charge is 0.332 e. The van der Waals surface area contributed by atoms with E-state index in [0.717, 1.165) is 61.2 Å². The summed E-state index contributed by atoms with van der Waals surface area (Å²) in [6, 6.07) is 27.1. The maximum atomic E-state index is 13.0. The highest BCUT2D eigenvalue weighted by Crippen LogP contribution is 2.33. The molecular formula is C30H31N2O2+. The minimum Gasteiger partial charge on any atom is -0.332 e. The molecule has 1 N–H and O–H groups in total. The van der Waals surface area contributed by atoms with Crippen LogP contribution in [0.15, 0.2) is 78.9 Å². The number of carbonyl (C=O) groups excluding carboxylic acids is 2. The van der Waals surface area contributed by atoms with Crippen molar-refractivity contribution >= 4 is 22.5 Å². The molecule has 0 unspecified atom stereocenters. The van der Waals surface area contributed by atoms with E-state index in [9.17, 15) is 9.59 Å². The molecule has 4 heteroatoms. The van der Waals surface area contributed by atoms with E-state index in [1.807, 2.05) is 18.2 Å². The van der Waals surface area contributed by atoms with Crippen LogP contribution in [0.4, 0.5) is 0 Å². The van der Waals surface area contributed by atoms with E-state index in [1.165, 1.54) is 16.0 Å². The highest BCUT2D eigenvalue weighted by atomic mass is 16.1. The van der Waals surface area contributed by atoms with E-state index >= 15 is 0 Å². The molecule has 0 saturated heterocycles. The Morgan fingerprint density at radius 1 is 0.882 bits per heavy atom. The van der Waals surface area contributed by atoms with Crippen LogP contribution in [0.5, 0.6) is 0 Å². The minimum absolute atomic E-state index is 0.0619. The molecule has 3 aromatic carbocycles. The molecule has 1 aromatic heterocycles. The van der Waals surface area contributed by atoms with Crippen molar-refractivity contribution in [3.8, 4) is 0 Å². The van der Waals surface area contributed by atoms with Crippen molar-refractivity contribution in [2.24, 2.45) is 0 Å².